The largest absolute Gasteiger partial charge is 0.0841 e. The van der Waals surface area contributed by atoms with Crippen LogP contribution in [0.4, 0.5) is 0 Å². The van der Waals surface area contributed by atoms with Gasteiger partial charge in [0.05, 0.1) is 0 Å². The zero-order valence-corrected chi connectivity index (χ0v) is 22.9. The van der Waals surface area contributed by atoms with Gasteiger partial charge < -0.3 is 0 Å². The van der Waals surface area contributed by atoms with Gasteiger partial charge in [-0.1, -0.05) is 133 Å². The summed E-state index contributed by atoms with van der Waals surface area (Å²) in [6.45, 7) is 4.28. The average Bonchev–Trinajstić information content (AvgIpc) is 3.03. The maximum atomic E-state index is 2.34. The molecule has 0 N–H and O–H groups in total. The molecule has 0 heterocycles. The first-order valence-electron chi connectivity index (χ1n) is 14.0. The van der Waals surface area contributed by atoms with Crippen LogP contribution in [-0.4, -0.2) is 0 Å². The lowest BCUT2D eigenvalue weighted by atomic mass is 9.83. The predicted octanol–water partition coefficient (Wildman–Crippen LogP) is 11.6. The molecule has 0 aliphatic heterocycles. The normalized spacial score (nSPS) is 11.9. The van der Waals surface area contributed by atoms with Crippen LogP contribution >= 0.6 is 0 Å². The number of hydrogen-bond acceptors (Lipinski definition) is 0. The first-order chi connectivity index (χ1) is 19.7. The van der Waals surface area contributed by atoms with Gasteiger partial charge in [0, 0.05) is 0 Å². The van der Waals surface area contributed by atoms with Gasteiger partial charge in [0.25, 0.3) is 0 Å². The molecule has 7 aromatic rings. The summed E-state index contributed by atoms with van der Waals surface area (Å²) in [5.41, 5.74) is 10.1. The second-order valence-electron chi connectivity index (χ2n) is 10.5. The maximum Gasteiger partial charge on any atom is -0.00201 e. The molecule has 7 aromatic carbocycles. The van der Waals surface area contributed by atoms with Crippen molar-refractivity contribution in [2.24, 2.45) is 0 Å². The molecule has 0 radical (unpaired) electrons. The van der Waals surface area contributed by atoms with Crippen LogP contribution in [-0.2, 0) is 0 Å². The Bertz CT molecular complexity index is 2020. The van der Waals surface area contributed by atoms with Crippen LogP contribution in [0.5, 0.6) is 0 Å². The van der Waals surface area contributed by atoms with Gasteiger partial charge in [-0.3, -0.25) is 0 Å². The third-order valence-corrected chi connectivity index (χ3v) is 8.23. The molecular weight excluding hydrogens is 480 g/mol. The molecular formula is C40H30. The van der Waals surface area contributed by atoms with E-state index in [1.807, 2.05) is 0 Å². The van der Waals surface area contributed by atoms with E-state index in [1.54, 1.807) is 0 Å². The maximum absolute atomic E-state index is 2.34. The number of allylic oxidation sites excluding steroid dienone is 2. The molecule has 0 aliphatic carbocycles. The molecule has 7 rings (SSSR count). The standard InChI is InChI=1S/C40H30/c1-3-27(2)29-15-12-16-31(25-29)33-17-6-7-18-34(33)40-37-21-10-8-19-35(37)39(36-20-9-11-22-38(36)40)32-24-23-28-13-4-5-14-30(28)26-32/h3-26H,1-2H3/b27-3+. The van der Waals surface area contributed by atoms with Crippen molar-refractivity contribution in [3.8, 4) is 33.4 Å². The fourth-order valence-electron chi connectivity index (χ4n) is 6.13. The summed E-state index contributed by atoms with van der Waals surface area (Å²) in [4.78, 5) is 0. The quantitative estimate of drug-likeness (QED) is 0.207. The predicted molar refractivity (Wildman–Crippen MR) is 175 cm³/mol. The summed E-state index contributed by atoms with van der Waals surface area (Å²) in [7, 11) is 0. The van der Waals surface area contributed by atoms with Gasteiger partial charge in [0.1, 0.15) is 0 Å². The van der Waals surface area contributed by atoms with Crippen molar-refractivity contribution in [2.45, 2.75) is 13.8 Å². The summed E-state index contributed by atoms with van der Waals surface area (Å²) in [5.74, 6) is 0. The Labute approximate surface area is 235 Å². The summed E-state index contributed by atoms with van der Waals surface area (Å²) in [5, 5.41) is 7.63. The molecule has 0 heteroatoms. The molecule has 190 valence electrons. The van der Waals surface area contributed by atoms with Gasteiger partial charge in [-0.25, -0.2) is 0 Å². The Balaban J connectivity index is 1.56. The summed E-state index contributed by atoms with van der Waals surface area (Å²) in [6.07, 6.45) is 2.18. The molecule has 0 bridgehead atoms. The van der Waals surface area contributed by atoms with E-state index in [2.05, 4.69) is 159 Å². The Morgan fingerprint density at radius 3 is 1.70 bits per heavy atom. The molecule has 0 fully saturated rings. The fourth-order valence-corrected chi connectivity index (χ4v) is 6.13. The van der Waals surface area contributed by atoms with E-state index in [0.29, 0.717) is 0 Å². The van der Waals surface area contributed by atoms with Crippen LogP contribution in [0, 0.1) is 0 Å². The minimum atomic E-state index is 1.24. The van der Waals surface area contributed by atoms with E-state index in [-0.39, 0.29) is 0 Å². The smallest absolute Gasteiger partial charge is 0.00201 e. The molecule has 0 amide bonds. The zero-order chi connectivity index (χ0) is 27.1. The topological polar surface area (TPSA) is 0 Å². The van der Waals surface area contributed by atoms with E-state index < -0.39 is 0 Å². The van der Waals surface area contributed by atoms with E-state index in [1.165, 1.54) is 76.8 Å². The molecule has 0 aromatic heterocycles. The highest BCUT2D eigenvalue weighted by Gasteiger charge is 2.19. The molecule has 0 unspecified atom stereocenters. The van der Waals surface area contributed by atoms with Crippen molar-refractivity contribution >= 4 is 37.9 Å². The van der Waals surface area contributed by atoms with Crippen molar-refractivity contribution in [1.82, 2.24) is 0 Å². The van der Waals surface area contributed by atoms with Crippen LogP contribution < -0.4 is 0 Å². The average molecular weight is 511 g/mol. The van der Waals surface area contributed by atoms with Gasteiger partial charge in [0.15, 0.2) is 0 Å². The van der Waals surface area contributed by atoms with Crippen LogP contribution in [0.3, 0.4) is 0 Å². The number of rotatable bonds is 4. The van der Waals surface area contributed by atoms with Crippen molar-refractivity contribution in [1.29, 1.82) is 0 Å². The van der Waals surface area contributed by atoms with Crippen LogP contribution in [0.15, 0.2) is 146 Å². The summed E-state index contributed by atoms with van der Waals surface area (Å²) in [6, 6.07) is 51.1. The second kappa shape index (κ2) is 9.98. The Kier molecular flexibility index (Phi) is 6.02. The molecule has 0 saturated heterocycles. The second-order valence-corrected chi connectivity index (χ2v) is 10.5. The minimum Gasteiger partial charge on any atom is -0.0841 e. The SMILES string of the molecule is C/C=C(\C)c1cccc(-c2ccccc2-c2c3ccccc3c(-c3ccc4ccccc4c3)c3ccccc23)c1. The van der Waals surface area contributed by atoms with E-state index in [9.17, 15) is 0 Å². The highest BCUT2D eigenvalue weighted by molar-refractivity contribution is 6.22. The number of hydrogen-bond donors (Lipinski definition) is 0. The Hall–Kier alpha value is -4.94. The van der Waals surface area contributed by atoms with Crippen LogP contribution in [0.2, 0.25) is 0 Å². The lowest BCUT2D eigenvalue weighted by Crippen LogP contribution is -1.93. The molecule has 0 aliphatic rings. The molecule has 0 atom stereocenters. The lowest BCUT2D eigenvalue weighted by Gasteiger charge is -2.20. The van der Waals surface area contributed by atoms with Gasteiger partial charge in [-0.2, -0.15) is 0 Å². The lowest BCUT2D eigenvalue weighted by molar-refractivity contribution is 1.53. The van der Waals surface area contributed by atoms with E-state index in [0.717, 1.165) is 0 Å². The summed E-state index contributed by atoms with van der Waals surface area (Å²) >= 11 is 0. The van der Waals surface area contributed by atoms with Gasteiger partial charge in [-0.05, 0) is 103 Å². The highest BCUT2D eigenvalue weighted by Crippen LogP contribution is 2.46. The van der Waals surface area contributed by atoms with Gasteiger partial charge >= 0.3 is 0 Å². The molecule has 0 spiro atoms. The van der Waals surface area contributed by atoms with Crippen LogP contribution in [0.1, 0.15) is 19.4 Å². The van der Waals surface area contributed by atoms with Crippen molar-refractivity contribution in [2.75, 3.05) is 0 Å². The zero-order valence-electron chi connectivity index (χ0n) is 22.9. The minimum absolute atomic E-state index is 1.24. The first-order valence-corrected chi connectivity index (χ1v) is 14.0. The Morgan fingerprint density at radius 1 is 0.450 bits per heavy atom. The Morgan fingerprint density at radius 2 is 1.02 bits per heavy atom. The first kappa shape index (κ1) is 24.1. The van der Waals surface area contributed by atoms with Crippen LogP contribution in [0.25, 0.3) is 71.3 Å². The van der Waals surface area contributed by atoms with Gasteiger partial charge in [-0.15, -0.1) is 0 Å². The summed E-state index contributed by atoms with van der Waals surface area (Å²) < 4.78 is 0. The van der Waals surface area contributed by atoms with Gasteiger partial charge in [0.2, 0.25) is 0 Å². The fraction of sp³-hybridized carbons (Fsp3) is 0.0500. The number of fused-ring (bicyclic) bond motifs is 3. The molecule has 0 saturated carbocycles. The third-order valence-electron chi connectivity index (χ3n) is 8.23. The third kappa shape index (κ3) is 4.01. The van der Waals surface area contributed by atoms with Crippen molar-refractivity contribution in [3.63, 3.8) is 0 Å². The molecule has 0 nitrogen and oxygen atoms in total. The van der Waals surface area contributed by atoms with Crippen molar-refractivity contribution in [3.05, 3.63) is 151 Å². The highest BCUT2D eigenvalue weighted by atomic mass is 14.2. The molecule has 40 heavy (non-hydrogen) atoms. The number of benzene rings is 7. The monoisotopic (exact) mass is 510 g/mol. The van der Waals surface area contributed by atoms with E-state index in [4.69, 9.17) is 0 Å². The van der Waals surface area contributed by atoms with E-state index >= 15 is 0 Å². The van der Waals surface area contributed by atoms with Crippen molar-refractivity contribution < 1.29 is 0 Å².